The third-order valence-corrected chi connectivity index (χ3v) is 3.71. The van der Waals surface area contributed by atoms with Crippen LogP contribution in [-0.4, -0.2) is 27.6 Å². The summed E-state index contributed by atoms with van der Waals surface area (Å²) in [4.78, 5) is 16.1. The van der Waals surface area contributed by atoms with Crippen molar-refractivity contribution in [1.82, 2.24) is 10.3 Å². The summed E-state index contributed by atoms with van der Waals surface area (Å²) < 4.78 is 0. The molecule has 0 saturated heterocycles. The molecular formula is C13H14N2O3S. The molecule has 100 valence electrons. The molecule has 0 spiro atoms. The zero-order chi connectivity index (χ0) is 13.8. The van der Waals surface area contributed by atoms with Gasteiger partial charge < -0.3 is 15.5 Å². The number of amides is 1. The number of nitrogens with zero attached hydrogens (tertiary/aromatic N) is 1. The molecule has 5 nitrogen and oxygen atoms in total. The maximum atomic E-state index is 11.9. The maximum Gasteiger partial charge on any atom is 0.255 e. The molecule has 0 bridgehead atoms. The lowest BCUT2D eigenvalue weighted by atomic mass is 10.1. The second-order valence-corrected chi connectivity index (χ2v) is 5.08. The van der Waals surface area contributed by atoms with Crippen molar-refractivity contribution in [3.05, 3.63) is 40.3 Å². The van der Waals surface area contributed by atoms with Gasteiger partial charge >= 0.3 is 0 Å². The van der Waals surface area contributed by atoms with Crippen LogP contribution < -0.4 is 5.32 Å². The normalized spacial score (nSPS) is 12.1. The van der Waals surface area contributed by atoms with E-state index in [-0.39, 0.29) is 17.2 Å². The van der Waals surface area contributed by atoms with E-state index in [9.17, 15) is 15.0 Å². The lowest BCUT2D eigenvalue weighted by Crippen LogP contribution is -2.27. The number of para-hydroxylation sites is 1. The number of phenols is 2. The van der Waals surface area contributed by atoms with Crippen LogP contribution in [0.4, 0.5) is 0 Å². The molecule has 1 aromatic heterocycles. The van der Waals surface area contributed by atoms with Gasteiger partial charge in [-0.1, -0.05) is 13.0 Å². The van der Waals surface area contributed by atoms with Crippen LogP contribution in [0.25, 0.3) is 0 Å². The fourth-order valence-electron chi connectivity index (χ4n) is 1.62. The number of hydrogen-bond acceptors (Lipinski definition) is 5. The zero-order valence-electron chi connectivity index (χ0n) is 10.3. The van der Waals surface area contributed by atoms with Crippen LogP contribution >= 0.6 is 11.3 Å². The Morgan fingerprint density at radius 3 is 2.95 bits per heavy atom. The molecule has 0 aliphatic heterocycles. The summed E-state index contributed by atoms with van der Waals surface area (Å²) in [7, 11) is 0. The molecule has 2 rings (SSSR count). The van der Waals surface area contributed by atoms with Crippen molar-refractivity contribution in [3.8, 4) is 11.5 Å². The van der Waals surface area contributed by atoms with Crippen molar-refractivity contribution in [2.45, 2.75) is 12.8 Å². The summed E-state index contributed by atoms with van der Waals surface area (Å²) in [5.41, 5.74) is 0.0614. The van der Waals surface area contributed by atoms with Crippen molar-refractivity contribution in [3.63, 3.8) is 0 Å². The van der Waals surface area contributed by atoms with Crippen molar-refractivity contribution in [2.24, 2.45) is 0 Å². The van der Waals surface area contributed by atoms with Gasteiger partial charge in [-0.15, -0.1) is 11.3 Å². The van der Waals surface area contributed by atoms with E-state index < -0.39 is 11.7 Å². The number of aromatic hydroxyl groups is 2. The van der Waals surface area contributed by atoms with E-state index in [2.05, 4.69) is 10.3 Å². The Bertz CT molecular complexity index is 569. The molecule has 1 amide bonds. The van der Waals surface area contributed by atoms with Crippen molar-refractivity contribution in [2.75, 3.05) is 6.54 Å². The van der Waals surface area contributed by atoms with E-state index in [1.807, 2.05) is 12.3 Å². The Morgan fingerprint density at radius 2 is 2.26 bits per heavy atom. The van der Waals surface area contributed by atoms with E-state index in [1.54, 1.807) is 6.20 Å². The SMILES string of the molecule is CC(CNC(=O)c1cccc(O)c1O)c1nccs1. The summed E-state index contributed by atoms with van der Waals surface area (Å²) in [6.45, 7) is 2.38. The smallest absolute Gasteiger partial charge is 0.255 e. The van der Waals surface area contributed by atoms with Gasteiger partial charge in [0.05, 0.1) is 10.6 Å². The van der Waals surface area contributed by atoms with Gasteiger partial charge in [0.15, 0.2) is 11.5 Å². The van der Waals surface area contributed by atoms with Gasteiger partial charge in [0.1, 0.15) is 0 Å². The second kappa shape index (κ2) is 5.71. The summed E-state index contributed by atoms with van der Waals surface area (Å²) in [6, 6.07) is 4.29. The predicted octanol–water partition coefficient (Wildman–Crippen LogP) is 2.09. The predicted molar refractivity (Wildman–Crippen MR) is 72.6 cm³/mol. The molecule has 0 aliphatic carbocycles. The van der Waals surface area contributed by atoms with Crippen LogP contribution in [0.1, 0.15) is 28.2 Å². The van der Waals surface area contributed by atoms with E-state index >= 15 is 0 Å². The Labute approximate surface area is 114 Å². The highest BCUT2D eigenvalue weighted by molar-refractivity contribution is 7.09. The molecule has 19 heavy (non-hydrogen) atoms. The monoisotopic (exact) mass is 278 g/mol. The fraction of sp³-hybridized carbons (Fsp3) is 0.231. The van der Waals surface area contributed by atoms with Gasteiger partial charge in [-0.2, -0.15) is 0 Å². The first-order valence-electron chi connectivity index (χ1n) is 5.78. The van der Waals surface area contributed by atoms with Gasteiger partial charge in [0.25, 0.3) is 5.91 Å². The highest BCUT2D eigenvalue weighted by Crippen LogP contribution is 2.28. The van der Waals surface area contributed by atoms with Crippen LogP contribution in [0.3, 0.4) is 0 Å². The minimum Gasteiger partial charge on any atom is -0.504 e. The van der Waals surface area contributed by atoms with Crippen LogP contribution in [0.5, 0.6) is 11.5 Å². The third kappa shape index (κ3) is 3.03. The van der Waals surface area contributed by atoms with Crippen LogP contribution in [0.2, 0.25) is 0 Å². The Morgan fingerprint density at radius 1 is 1.47 bits per heavy atom. The lowest BCUT2D eigenvalue weighted by Gasteiger charge is -2.11. The minimum atomic E-state index is -0.420. The Kier molecular flexibility index (Phi) is 4.01. The van der Waals surface area contributed by atoms with Gasteiger partial charge in [0, 0.05) is 24.0 Å². The number of nitrogens with one attached hydrogen (secondary N) is 1. The molecular weight excluding hydrogens is 264 g/mol. The topological polar surface area (TPSA) is 82.5 Å². The van der Waals surface area contributed by atoms with Gasteiger partial charge in [-0.25, -0.2) is 4.98 Å². The summed E-state index contributed by atoms with van der Waals surface area (Å²) in [5, 5.41) is 24.5. The average molecular weight is 278 g/mol. The number of hydrogen-bond donors (Lipinski definition) is 3. The average Bonchev–Trinajstić information content (AvgIpc) is 2.93. The Balaban J connectivity index is 2.00. The molecule has 0 aliphatic rings. The molecule has 1 heterocycles. The Hall–Kier alpha value is -2.08. The molecule has 1 atom stereocenters. The van der Waals surface area contributed by atoms with Crippen LogP contribution in [-0.2, 0) is 0 Å². The van der Waals surface area contributed by atoms with Crippen molar-refractivity contribution < 1.29 is 15.0 Å². The number of rotatable bonds is 4. The summed E-state index contributed by atoms with van der Waals surface area (Å²) in [6.07, 6.45) is 1.72. The molecule has 1 aromatic carbocycles. The molecule has 0 fully saturated rings. The van der Waals surface area contributed by atoms with E-state index in [0.29, 0.717) is 6.54 Å². The number of thiazole rings is 1. The second-order valence-electron chi connectivity index (χ2n) is 4.15. The molecule has 0 radical (unpaired) electrons. The number of carbonyl (C=O) groups excluding carboxylic acids is 1. The van der Waals surface area contributed by atoms with Crippen molar-refractivity contribution >= 4 is 17.2 Å². The molecule has 3 N–H and O–H groups in total. The molecule has 1 unspecified atom stereocenters. The quantitative estimate of drug-likeness (QED) is 0.748. The van der Waals surface area contributed by atoms with E-state index in [0.717, 1.165) is 5.01 Å². The number of benzene rings is 1. The lowest BCUT2D eigenvalue weighted by molar-refractivity contribution is 0.0948. The maximum absolute atomic E-state index is 11.9. The number of carbonyl (C=O) groups is 1. The van der Waals surface area contributed by atoms with Gasteiger partial charge in [-0.3, -0.25) is 4.79 Å². The van der Waals surface area contributed by atoms with E-state index in [4.69, 9.17) is 0 Å². The van der Waals surface area contributed by atoms with Crippen LogP contribution in [0, 0.1) is 0 Å². The molecule has 6 heteroatoms. The summed E-state index contributed by atoms with van der Waals surface area (Å²) in [5.74, 6) is -1.03. The van der Waals surface area contributed by atoms with Gasteiger partial charge in [-0.05, 0) is 12.1 Å². The fourth-order valence-corrected chi connectivity index (χ4v) is 2.32. The highest BCUT2D eigenvalue weighted by Gasteiger charge is 2.15. The summed E-state index contributed by atoms with van der Waals surface area (Å²) >= 11 is 1.53. The molecule has 2 aromatic rings. The zero-order valence-corrected chi connectivity index (χ0v) is 11.1. The largest absolute Gasteiger partial charge is 0.504 e. The van der Waals surface area contributed by atoms with E-state index in [1.165, 1.54) is 29.5 Å². The molecule has 0 saturated carbocycles. The highest BCUT2D eigenvalue weighted by atomic mass is 32.1. The first-order chi connectivity index (χ1) is 9.09. The first kappa shape index (κ1) is 13.4. The van der Waals surface area contributed by atoms with Crippen molar-refractivity contribution in [1.29, 1.82) is 0 Å². The van der Waals surface area contributed by atoms with Crippen LogP contribution in [0.15, 0.2) is 29.8 Å². The minimum absolute atomic E-state index is 0.0614. The number of phenolic OH excluding ortho intramolecular Hbond substituents is 2. The van der Waals surface area contributed by atoms with Gasteiger partial charge in [0.2, 0.25) is 0 Å². The number of aromatic nitrogens is 1. The first-order valence-corrected chi connectivity index (χ1v) is 6.66. The standard InChI is InChI=1S/C13H14N2O3S/c1-8(13-14-5-6-19-13)7-15-12(18)9-3-2-4-10(16)11(9)17/h2-6,8,16-17H,7H2,1H3,(H,15,18). The third-order valence-electron chi connectivity index (χ3n) is 2.70.